The third-order valence-electron chi connectivity index (χ3n) is 5.61. The van der Waals surface area contributed by atoms with Crippen LogP contribution in [0.3, 0.4) is 0 Å². The quantitative estimate of drug-likeness (QED) is 0.469. The van der Waals surface area contributed by atoms with Gasteiger partial charge in [-0.05, 0) is 31.3 Å². The van der Waals surface area contributed by atoms with E-state index in [0.29, 0.717) is 18.5 Å². The average Bonchev–Trinajstić information content (AvgIpc) is 2.97. The van der Waals surface area contributed by atoms with Crippen molar-refractivity contribution in [3.8, 4) is 0 Å². The Labute approximate surface area is 161 Å². The van der Waals surface area contributed by atoms with E-state index in [2.05, 4.69) is 27.7 Å². The highest BCUT2D eigenvalue weighted by molar-refractivity contribution is 7.39. The largest absolute Gasteiger partial charge is 0.508 e. The van der Waals surface area contributed by atoms with Gasteiger partial charge < -0.3 is 14.2 Å². The maximum Gasteiger partial charge on any atom is 0.508 e. The van der Waals surface area contributed by atoms with E-state index in [1.54, 1.807) is 0 Å². The highest BCUT2D eigenvalue weighted by Crippen LogP contribution is 2.40. The molecule has 2 saturated heterocycles. The lowest BCUT2D eigenvalue weighted by Gasteiger charge is -2.23. The Bertz CT molecular complexity index is 475. The fourth-order valence-electron chi connectivity index (χ4n) is 3.82. The van der Waals surface area contributed by atoms with Crippen LogP contribution in [-0.4, -0.2) is 56.6 Å². The van der Waals surface area contributed by atoms with Crippen LogP contribution in [-0.2, 0) is 23.3 Å². The van der Waals surface area contributed by atoms with Crippen LogP contribution >= 0.6 is 8.03 Å². The summed E-state index contributed by atoms with van der Waals surface area (Å²) in [6.07, 6.45) is 1.09. The topological polar surface area (TPSA) is 54.0 Å². The molecule has 3 unspecified atom stereocenters. The van der Waals surface area contributed by atoms with E-state index in [1.807, 2.05) is 20.8 Å². The SMILES string of the molecule is [B][C@@H]1O[C@H](C(C)C)[C@H](O[P+](=O)CC[C@H]2O[C@@H](C)C(C)[C@H]2OC(C)C)C1C. The Kier molecular flexibility index (Phi) is 8.12. The zero-order chi connectivity index (χ0) is 19.6. The Morgan fingerprint density at radius 3 is 2.27 bits per heavy atom. The molecule has 2 heterocycles. The van der Waals surface area contributed by atoms with E-state index >= 15 is 0 Å². The first-order valence-electron chi connectivity index (χ1n) is 9.95. The summed E-state index contributed by atoms with van der Waals surface area (Å²) in [7, 11) is 4.21. The Morgan fingerprint density at radius 1 is 1.04 bits per heavy atom. The third-order valence-corrected chi connectivity index (χ3v) is 6.71. The summed E-state index contributed by atoms with van der Waals surface area (Å²) in [5, 5.41) is 0. The van der Waals surface area contributed by atoms with Crippen LogP contribution in [0.15, 0.2) is 0 Å². The number of hydrogen-bond acceptors (Lipinski definition) is 5. The van der Waals surface area contributed by atoms with Gasteiger partial charge >= 0.3 is 8.03 Å². The van der Waals surface area contributed by atoms with Gasteiger partial charge in [0.2, 0.25) is 0 Å². The van der Waals surface area contributed by atoms with Crippen molar-refractivity contribution in [2.75, 3.05) is 6.16 Å². The van der Waals surface area contributed by atoms with E-state index in [1.165, 1.54) is 0 Å². The van der Waals surface area contributed by atoms with Gasteiger partial charge in [-0.2, -0.15) is 0 Å². The zero-order valence-electron chi connectivity index (χ0n) is 17.3. The van der Waals surface area contributed by atoms with E-state index in [9.17, 15) is 4.57 Å². The Morgan fingerprint density at radius 2 is 1.69 bits per heavy atom. The van der Waals surface area contributed by atoms with Crippen LogP contribution in [0.5, 0.6) is 0 Å². The van der Waals surface area contributed by atoms with Crippen molar-refractivity contribution in [3.05, 3.63) is 0 Å². The summed E-state index contributed by atoms with van der Waals surface area (Å²) >= 11 is 0. The molecular weight excluding hydrogens is 350 g/mol. The van der Waals surface area contributed by atoms with Crippen molar-refractivity contribution in [1.29, 1.82) is 0 Å². The number of hydrogen-bond donors (Lipinski definition) is 0. The molecule has 5 nitrogen and oxygen atoms in total. The first-order chi connectivity index (χ1) is 12.1. The highest BCUT2D eigenvalue weighted by Gasteiger charge is 2.47. The van der Waals surface area contributed by atoms with Gasteiger partial charge in [-0.1, -0.05) is 27.7 Å². The minimum atomic E-state index is -1.79. The van der Waals surface area contributed by atoms with Crippen molar-refractivity contribution in [3.63, 3.8) is 0 Å². The average molecular weight is 385 g/mol. The van der Waals surface area contributed by atoms with Crippen LogP contribution in [0.4, 0.5) is 0 Å². The molecule has 2 fully saturated rings. The third kappa shape index (κ3) is 5.29. The maximum atomic E-state index is 12.6. The fourth-order valence-corrected chi connectivity index (χ4v) is 4.98. The van der Waals surface area contributed by atoms with Crippen molar-refractivity contribution in [1.82, 2.24) is 0 Å². The number of rotatable bonds is 8. The summed E-state index contributed by atoms with van der Waals surface area (Å²) in [5.74, 6) is 0.622. The molecule has 0 aromatic heterocycles. The predicted molar refractivity (Wildman–Crippen MR) is 104 cm³/mol. The molecule has 26 heavy (non-hydrogen) atoms. The van der Waals surface area contributed by atoms with Crippen LogP contribution in [0.25, 0.3) is 0 Å². The van der Waals surface area contributed by atoms with E-state index in [4.69, 9.17) is 26.6 Å². The van der Waals surface area contributed by atoms with E-state index in [-0.39, 0.29) is 54.5 Å². The van der Waals surface area contributed by atoms with Crippen molar-refractivity contribution in [2.24, 2.45) is 17.8 Å². The molecule has 2 aliphatic rings. The minimum Gasteiger partial charge on any atom is -0.381 e. The monoisotopic (exact) mass is 385 g/mol. The minimum absolute atomic E-state index is 0.0288. The lowest BCUT2D eigenvalue weighted by Crippen LogP contribution is -2.33. The molecule has 0 bridgehead atoms. The molecule has 0 spiro atoms. The van der Waals surface area contributed by atoms with E-state index < -0.39 is 8.03 Å². The molecule has 0 N–H and O–H groups in total. The van der Waals surface area contributed by atoms with Gasteiger partial charge in [0, 0.05) is 24.3 Å². The smallest absolute Gasteiger partial charge is 0.381 e. The lowest BCUT2D eigenvalue weighted by atomic mass is 9.85. The zero-order valence-corrected chi connectivity index (χ0v) is 18.1. The lowest BCUT2D eigenvalue weighted by molar-refractivity contribution is -0.0500. The second kappa shape index (κ2) is 9.47. The van der Waals surface area contributed by atoms with Gasteiger partial charge in [0.05, 0.1) is 30.5 Å². The van der Waals surface area contributed by atoms with Gasteiger partial charge in [0.15, 0.2) is 6.16 Å². The summed E-state index contributed by atoms with van der Waals surface area (Å²) in [4.78, 5) is 0. The van der Waals surface area contributed by atoms with Crippen LogP contribution in [0.2, 0.25) is 0 Å². The summed E-state index contributed by atoms with van der Waals surface area (Å²) < 4.78 is 36.4. The molecule has 9 atom stereocenters. The van der Waals surface area contributed by atoms with Crippen molar-refractivity contribution >= 4 is 15.9 Å². The molecule has 0 aromatic carbocycles. The summed E-state index contributed by atoms with van der Waals surface area (Å²) in [6.45, 7) is 14.4. The molecule has 0 amide bonds. The van der Waals surface area contributed by atoms with Gasteiger partial charge in [-0.25, -0.2) is 0 Å². The normalized spacial score (nSPS) is 41.3. The van der Waals surface area contributed by atoms with Gasteiger partial charge in [0.25, 0.3) is 0 Å². The first kappa shape index (κ1) is 22.3. The van der Waals surface area contributed by atoms with Gasteiger partial charge in [-0.3, -0.25) is 0 Å². The maximum absolute atomic E-state index is 12.6. The molecule has 2 radical (unpaired) electrons. The van der Waals surface area contributed by atoms with Crippen LogP contribution < -0.4 is 0 Å². The highest BCUT2D eigenvalue weighted by atomic mass is 31.1. The van der Waals surface area contributed by atoms with Crippen molar-refractivity contribution < 1.29 is 23.3 Å². The molecule has 0 saturated carbocycles. The first-order valence-corrected chi connectivity index (χ1v) is 11.3. The van der Waals surface area contributed by atoms with Crippen LogP contribution in [0.1, 0.15) is 54.9 Å². The molecule has 148 valence electrons. The molecule has 7 heteroatoms. The molecule has 2 aliphatic heterocycles. The predicted octanol–water partition coefficient (Wildman–Crippen LogP) is 3.91. The van der Waals surface area contributed by atoms with Gasteiger partial charge in [0.1, 0.15) is 14.0 Å². The molecule has 0 aromatic rings. The second-order valence-electron chi connectivity index (χ2n) is 8.47. The van der Waals surface area contributed by atoms with Crippen molar-refractivity contribution in [2.45, 2.75) is 97.5 Å². The molecule has 0 aliphatic carbocycles. The Balaban J connectivity index is 1.89. The molecule has 2 rings (SSSR count). The van der Waals surface area contributed by atoms with E-state index in [0.717, 1.165) is 0 Å². The number of ether oxygens (including phenoxy) is 3. The summed E-state index contributed by atoms with van der Waals surface area (Å²) in [5.41, 5.74) is 0. The second-order valence-corrected chi connectivity index (χ2v) is 9.80. The molecular formula is C19H35BO5P+. The van der Waals surface area contributed by atoms with Gasteiger partial charge in [-0.15, -0.1) is 4.52 Å². The summed E-state index contributed by atoms with van der Waals surface area (Å²) in [6, 6.07) is -0.362. The van der Waals surface area contributed by atoms with Crippen LogP contribution in [0, 0.1) is 17.8 Å². The standard InChI is InChI=1S/C19H35BO5P/c1-10(2)16-18(13(6)19(20)24-16)25-26(21)9-8-15-17(22-11(3)4)12(5)14(7)23-15/h10-19H,8-9H2,1-7H3/q+1/t12?,13?,14-,15+,16+,17+,18+,19+/m0/s1. The Hall–Kier alpha value is 0.00494. The fraction of sp³-hybridized carbons (Fsp3) is 1.00.